The van der Waals surface area contributed by atoms with Crippen molar-refractivity contribution < 1.29 is 14.6 Å². The van der Waals surface area contributed by atoms with Gasteiger partial charge in [0.2, 0.25) is 0 Å². The maximum absolute atomic E-state index is 11.8. The van der Waals surface area contributed by atoms with Gasteiger partial charge in [-0.1, -0.05) is 6.92 Å². The van der Waals surface area contributed by atoms with E-state index in [-0.39, 0.29) is 12.2 Å². The molecule has 17 heavy (non-hydrogen) atoms. The summed E-state index contributed by atoms with van der Waals surface area (Å²) in [6.07, 6.45) is 0.407. The Morgan fingerprint density at radius 3 is 2.35 bits per heavy atom. The van der Waals surface area contributed by atoms with Crippen molar-refractivity contribution in [2.75, 3.05) is 13.1 Å². The van der Waals surface area contributed by atoms with Crippen LogP contribution in [0.25, 0.3) is 0 Å². The number of aliphatic hydroxyl groups is 1. The van der Waals surface area contributed by atoms with Crippen LogP contribution in [0.3, 0.4) is 0 Å². The second-order valence-electron chi connectivity index (χ2n) is 6.27. The number of amides is 1. The number of carbonyl (C=O) groups is 1. The van der Waals surface area contributed by atoms with Crippen molar-refractivity contribution in [1.29, 1.82) is 0 Å². The quantitative estimate of drug-likeness (QED) is 0.803. The minimum atomic E-state index is -0.424. The van der Waals surface area contributed by atoms with Gasteiger partial charge in [-0.15, -0.1) is 0 Å². The van der Waals surface area contributed by atoms with E-state index in [2.05, 4.69) is 0 Å². The van der Waals surface area contributed by atoms with E-state index in [9.17, 15) is 9.90 Å². The third kappa shape index (κ3) is 2.57. The highest BCUT2D eigenvalue weighted by Crippen LogP contribution is 2.54. The molecule has 3 atom stereocenters. The van der Waals surface area contributed by atoms with E-state index in [0.29, 0.717) is 17.8 Å². The molecule has 2 fully saturated rings. The molecule has 4 nitrogen and oxygen atoms in total. The van der Waals surface area contributed by atoms with Gasteiger partial charge in [0.25, 0.3) is 0 Å². The molecule has 1 saturated heterocycles. The molecule has 98 valence electrons. The van der Waals surface area contributed by atoms with Gasteiger partial charge in [-0.25, -0.2) is 4.79 Å². The van der Waals surface area contributed by atoms with Crippen LogP contribution in [0.15, 0.2) is 0 Å². The zero-order chi connectivity index (χ0) is 12.8. The third-order valence-electron chi connectivity index (χ3n) is 3.77. The lowest BCUT2D eigenvalue weighted by atomic mass is 10.1. The van der Waals surface area contributed by atoms with E-state index in [1.54, 1.807) is 4.90 Å². The molecular weight excluding hydrogens is 218 g/mol. The van der Waals surface area contributed by atoms with E-state index in [1.165, 1.54) is 0 Å². The largest absolute Gasteiger partial charge is 0.444 e. The highest BCUT2D eigenvalue weighted by atomic mass is 16.6. The molecular formula is C13H23NO3. The Balaban J connectivity index is 1.81. The number of hydrogen-bond acceptors (Lipinski definition) is 3. The van der Waals surface area contributed by atoms with Crippen LogP contribution in [0.4, 0.5) is 4.79 Å². The van der Waals surface area contributed by atoms with Gasteiger partial charge >= 0.3 is 6.09 Å². The summed E-state index contributed by atoms with van der Waals surface area (Å²) in [5.41, 5.74) is -0.424. The van der Waals surface area contributed by atoms with Gasteiger partial charge in [0.15, 0.2) is 0 Å². The fraction of sp³-hybridized carbons (Fsp3) is 0.923. The van der Waals surface area contributed by atoms with Gasteiger partial charge in [-0.05, 0) is 44.9 Å². The van der Waals surface area contributed by atoms with Crippen LogP contribution in [-0.4, -0.2) is 40.9 Å². The first-order valence-corrected chi connectivity index (χ1v) is 6.49. The molecule has 1 aliphatic carbocycles. The van der Waals surface area contributed by atoms with Crippen molar-refractivity contribution in [3.05, 3.63) is 0 Å². The molecule has 0 spiro atoms. The minimum Gasteiger partial charge on any atom is -0.444 e. The van der Waals surface area contributed by atoms with Crippen LogP contribution in [0.5, 0.6) is 0 Å². The van der Waals surface area contributed by atoms with E-state index < -0.39 is 5.60 Å². The Morgan fingerprint density at radius 1 is 1.41 bits per heavy atom. The fourth-order valence-electron chi connectivity index (χ4n) is 2.89. The summed E-state index contributed by atoms with van der Waals surface area (Å²) in [7, 11) is 0. The predicted octanol–water partition coefficient (Wildman–Crippen LogP) is 1.87. The van der Waals surface area contributed by atoms with Crippen LogP contribution in [0.1, 0.15) is 34.1 Å². The summed E-state index contributed by atoms with van der Waals surface area (Å²) in [5, 5.41) is 9.78. The molecule has 0 radical (unpaired) electrons. The standard InChI is InChI=1S/C13H23NO3/c1-5-10(15)11-8-6-14(7-9(8)11)12(16)17-13(2,3)4/h8-11,15H,5-7H2,1-4H3. The summed E-state index contributed by atoms with van der Waals surface area (Å²) in [5.74, 6) is 1.41. The number of ether oxygens (including phenoxy) is 1. The van der Waals surface area contributed by atoms with E-state index in [4.69, 9.17) is 4.74 Å². The molecule has 0 aromatic heterocycles. The lowest BCUT2D eigenvalue weighted by Gasteiger charge is -2.26. The summed E-state index contributed by atoms with van der Waals surface area (Å²) in [4.78, 5) is 13.6. The molecule has 2 rings (SSSR count). The number of piperidine rings is 1. The van der Waals surface area contributed by atoms with Crippen LogP contribution in [0, 0.1) is 17.8 Å². The molecule has 0 aromatic rings. The Kier molecular flexibility index (Phi) is 3.10. The van der Waals surface area contributed by atoms with Crippen LogP contribution in [0.2, 0.25) is 0 Å². The second-order valence-corrected chi connectivity index (χ2v) is 6.27. The van der Waals surface area contributed by atoms with Crippen molar-refractivity contribution in [1.82, 2.24) is 4.90 Å². The SMILES string of the molecule is CCC(O)C1C2CN(C(=O)OC(C)(C)C)CC21. The molecule has 2 aliphatic rings. The lowest BCUT2D eigenvalue weighted by Crippen LogP contribution is -2.37. The topological polar surface area (TPSA) is 49.8 Å². The van der Waals surface area contributed by atoms with Gasteiger partial charge in [-0.2, -0.15) is 0 Å². The Labute approximate surface area is 103 Å². The van der Waals surface area contributed by atoms with Gasteiger partial charge in [0, 0.05) is 13.1 Å². The third-order valence-corrected chi connectivity index (χ3v) is 3.77. The Hall–Kier alpha value is -0.770. The average Bonchev–Trinajstić information content (AvgIpc) is 2.69. The zero-order valence-corrected chi connectivity index (χ0v) is 11.1. The highest BCUT2D eigenvalue weighted by molar-refractivity contribution is 5.69. The van der Waals surface area contributed by atoms with Crippen molar-refractivity contribution in [2.24, 2.45) is 17.8 Å². The molecule has 1 saturated carbocycles. The highest BCUT2D eigenvalue weighted by Gasteiger charge is 2.59. The molecule has 3 unspecified atom stereocenters. The predicted molar refractivity (Wildman–Crippen MR) is 64.6 cm³/mol. The van der Waals surface area contributed by atoms with Crippen molar-refractivity contribution in [3.63, 3.8) is 0 Å². The summed E-state index contributed by atoms with van der Waals surface area (Å²) in [6, 6.07) is 0. The summed E-state index contributed by atoms with van der Waals surface area (Å²) in [6.45, 7) is 9.15. The number of aliphatic hydroxyl groups excluding tert-OH is 1. The molecule has 0 aromatic carbocycles. The molecule has 1 N–H and O–H groups in total. The normalized spacial score (nSPS) is 33.2. The molecule has 0 bridgehead atoms. The Morgan fingerprint density at radius 2 is 1.94 bits per heavy atom. The number of likely N-dealkylation sites (tertiary alicyclic amines) is 1. The Bertz CT molecular complexity index is 298. The minimum absolute atomic E-state index is 0.189. The number of carbonyl (C=O) groups excluding carboxylic acids is 1. The van der Waals surface area contributed by atoms with Gasteiger partial charge < -0.3 is 14.7 Å². The first-order valence-electron chi connectivity index (χ1n) is 6.49. The van der Waals surface area contributed by atoms with Crippen molar-refractivity contribution in [3.8, 4) is 0 Å². The van der Waals surface area contributed by atoms with Crippen LogP contribution in [-0.2, 0) is 4.74 Å². The first kappa shape index (κ1) is 12.7. The molecule has 4 heteroatoms. The first-order chi connectivity index (χ1) is 7.83. The van der Waals surface area contributed by atoms with Gasteiger partial charge in [-0.3, -0.25) is 0 Å². The van der Waals surface area contributed by atoms with Crippen LogP contribution >= 0.6 is 0 Å². The summed E-state index contributed by atoms with van der Waals surface area (Å²) >= 11 is 0. The molecule has 1 heterocycles. The fourth-order valence-corrected chi connectivity index (χ4v) is 2.89. The second kappa shape index (κ2) is 4.16. The monoisotopic (exact) mass is 241 g/mol. The van der Waals surface area contributed by atoms with Gasteiger partial charge in [0.1, 0.15) is 5.60 Å². The number of rotatable bonds is 2. The molecule has 1 aliphatic heterocycles. The average molecular weight is 241 g/mol. The molecule has 1 amide bonds. The number of hydrogen-bond donors (Lipinski definition) is 1. The maximum atomic E-state index is 11.8. The lowest BCUT2D eigenvalue weighted by molar-refractivity contribution is 0.0241. The van der Waals surface area contributed by atoms with E-state index >= 15 is 0 Å². The van der Waals surface area contributed by atoms with Gasteiger partial charge in [0.05, 0.1) is 6.10 Å². The van der Waals surface area contributed by atoms with E-state index in [0.717, 1.165) is 19.5 Å². The van der Waals surface area contributed by atoms with E-state index in [1.807, 2.05) is 27.7 Å². The number of nitrogens with zero attached hydrogens (tertiary/aromatic N) is 1. The van der Waals surface area contributed by atoms with Crippen molar-refractivity contribution >= 4 is 6.09 Å². The smallest absolute Gasteiger partial charge is 0.410 e. The maximum Gasteiger partial charge on any atom is 0.410 e. The summed E-state index contributed by atoms with van der Waals surface area (Å²) < 4.78 is 5.34. The number of fused-ring (bicyclic) bond motifs is 1. The van der Waals surface area contributed by atoms with Crippen LogP contribution < -0.4 is 0 Å². The zero-order valence-electron chi connectivity index (χ0n) is 11.1. The van der Waals surface area contributed by atoms with Crippen molar-refractivity contribution in [2.45, 2.75) is 45.8 Å².